The van der Waals surface area contributed by atoms with Gasteiger partial charge >= 0.3 is 0 Å². The number of aromatic nitrogens is 1. The summed E-state index contributed by atoms with van der Waals surface area (Å²) in [6.07, 6.45) is 0.894. The zero-order valence-corrected chi connectivity index (χ0v) is 9.75. The number of hydrogen-bond donors (Lipinski definition) is 0. The van der Waals surface area contributed by atoms with Gasteiger partial charge in [0.25, 0.3) is 0 Å². The molecule has 0 amide bonds. The smallest absolute Gasteiger partial charge is 0.140 e. The predicted octanol–water partition coefficient (Wildman–Crippen LogP) is 2.37. The van der Waals surface area contributed by atoms with Gasteiger partial charge < -0.3 is 9.47 Å². The maximum absolute atomic E-state index is 5.60. The lowest BCUT2D eigenvalue weighted by atomic mass is 10.2. The Kier molecular flexibility index (Phi) is 5.12. The predicted molar refractivity (Wildman–Crippen MR) is 60.3 cm³/mol. The maximum atomic E-state index is 5.60. The molecule has 15 heavy (non-hydrogen) atoms. The van der Waals surface area contributed by atoms with Crippen molar-refractivity contribution in [2.45, 2.75) is 27.2 Å². The molecule has 0 unspecified atom stereocenters. The molecule has 1 rings (SSSR count). The molecule has 0 aliphatic carbocycles. The third kappa shape index (κ3) is 3.88. The molecule has 0 saturated carbocycles. The van der Waals surface area contributed by atoms with E-state index < -0.39 is 0 Å². The van der Waals surface area contributed by atoms with Crippen LogP contribution in [0.2, 0.25) is 0 Å². The topological polar surface area (TPSA) is 31.4 Å². The van der Waals surface area contributed by atoms with Crippen LogP contribution in [0.5, 0.6) is 5.75 Å². The molecule has 0 atom stereocenters. The van der Waals surface area contributed by atoms with Crippen molar-refractivity contribution in [2.75, 3.05) is 19.8 Å². The first-order chi connectivity index (χ1) is 7.27. The second-order valence-corrected chi connectivity index (χ2v) is 3.30. The summed E-state index contributed by atoms with van der Waals surface area (Å²) in [5.74, 6) is 0.878. The SMILES string of the molecule is CCOCCOc1ccc(C)nc1CC. The first-order valence-corrected chi connectivity index (χ1v) is 5.45. The minimum absolute atomic E-state index is 0.589. The lowest BCUT2D eigenvalue weighted by Gasteiger charge is -2.10. The monoisotopic (exact) mass is 209 g/mol. The Balaban J connectivity index is 2.52. The summed E-state index contributed by atoms with van der Waals surface area (Å²) in [5, 5.41) is 0. The first-order valence-electron chi connectivity index (χ1n) is 5.45. The molecule has 0 aromatic carbocycles. The molecule has 0 aliphatic rings. The Labute approximate surface area is 91.4 Å². The van der Waals surface area contributed by atoms with Crippen molar-refractivity contribution in [3.63, 3.8) is 0 Å². The standard InChI is InChI=1S/C12H19NO2/c1-4-11-12(7-6-10(3)13-11)15-9-8-14-5-2/h6-7H,4-5,8-9H2,1-3H3. The Morgan fingerprint density at radius 2 is 2.00 bits per heavy atom. The summed E-state index contributed by atoms with van der Waals surface area (Å²) in [7, 11) is 0. The Bertz CT molecular complexity index is 300. The Morgan fingerprint density at radius 1 is 1.20 bits per heavy atom. The van der Waals surface area contributed by atoms with E-state index in [0.29, 0.717) is 13.2 Å². The van der Waals surface area contributed by atoms with Crippen LogP contribution >= 0.6 is 0 Å². The number of pyridine rings is 1. The molecule has 1 heterocycles. The summed E-state index contributed by atoms with van der Waals surface area (Å²) in [5.41, 5.74) is 2.05. The highest BCUT2D eigenvalue weighted by Crippen LogP contribution is 2.17. The second-order valence-electron chi connectivity index (χ2n) is 3.30. The molecule has 84 valence electrons. The van der Waals surface area contributed by atoms with Gasteiger partial charge in [-0.15, -0.1) is 0 Å². The van der Waals surface area contributed by atoms with Crippen LogP contribution in [0.15, 0.2) is 12.1 Å². The molecule has 1 aromatic rings. The zero-order chi connectivity index (χ0) is 11.1. The number of rotatable bonds is 6. The summed E-state index contributed by atoms with van der Waals surface area (Å²) in [6.45, 7) is 8.00. The van der Waals surface area contributed by atoms with Crippen LogP contribution in [0.3, 0.4) is 0 Å². The Morgan fingerprint density at radius 3 is 2.67 bits per heavy atom. The number of ether oxygens (including phenoxy) is 2. The summed E-state index contributed by atoms with van der Waals surface area (Å²) < 4.78 is 10.8. The van der Waals surface area contributed by atoms with Gasteiger partial charge in [-0.1, -0.05) is 6.92 Å². The van der Waals surface area contributed by atoms with E-state index in [0.717, 1.165) is 30.2 Å². The minimum Gasteiger partial charge on any atom is -0.489 e. The summed E-state index contributed by atoms with van der Waals surface area (Å²) in [4.78, 5) is 4.42. The number of nitrogens with zero attached hydrogens (tertiary/aromatic N) is 1. The lowest BCUT2D eigenvalue weighted by Crippen LogP contribution is -2.08. The minimum atomic E-state index is 0.589. The van der Waals surface area contributed by atoms with Crippen LogP contribution in [0.4, 0.5) is 0 Å². The molecule has 0 fully saturated rings. The molecule has 0 bridgehead atoms. The quantitative estimate of drug-likeness (QED) is 0.674. The second kappa shape index (κ2) is 6.40. The Hall–Kier alpha value is -1.09. The van der Waals surface area contributed by atoms with Crippen LogP contribution in [-0.4, -0.2) is 24.8 Å². The maximum Gasteiger partial charge on any atom is 0.140 e. The van der Waals surface area contributed by atoms with E-state index in [1.807, 2.05) is 26.0 Å². The average molecular weight is 209 g/mol. The van der Waals surface area contributed by atoms with Gasteiger partial charge in [0.05, 0.1) is 12.3 Å². The van der Waals surface area contributed by atoms with Crippen molar-refractivity contribution < 1.29 is 9.47 Å². The van der Waals surface area contributed by atoms with E-state index >= 15 is 0 Å². The fourth-order valence-corrected chi connectivity index (χ4v) is 1.34. The van der Waals surface area contributed by atoms with Crippen LogP contribution in [0.25, 0.3) is 0 Å². The average Bonchev–Trinajstić information content (AvgIpc) is 2.26. The highest BCUT2D eigenvalue weighted by molar-refractivity contribution is 5.29. The number of aryl methyl sites for hydroxylation is 2. The molecule has 0 radical (unpaired) electrons. The van der Waals surface area contributed by atoms with Gasteiger partial charge in [-0.3, -0.25) is 4.98 Å². The normalized spacial score (nSPS) is 10.3. The van der Waals surface area contributed by atoms with Crippen molar-refractivity contribution in [3.05, 3.63) is 23.5 Å². The molecule has 0 spiro atoms. The van der Waals surface area contributed by atoms with Gasteiger partial charge in [0.15, 0.2) is 0 Å². The largest absolute Gasteiger partial charge is 0.489 e. The van der Waals surface area contributed by atoms with E-state index in [4.69, 9.17) is 9.47 Å². The van der Waals surface area contributed by atoms with Gasteiger partial charge in [-0.2, -0.15) is 0 Å². The summed E-state index contributed by atoms with van der Waals surface area (Å²) in [6, 6.07) is 3.95. The molecular formula is C12H19NO2. The van der Waals surface area contributed by atoms with Crippen molar-refractivity contribution in [3.8, 4) is 5.75 Å². The highest BCUT2D eigenvalue weighted by atomic mass is 16.5. The summed E-state index contributed by atoms with van der Waals surface area (Å²) >= 11 is 0. The third-order valence-electron chi connectivity index (χ3n) is 2.10. The van der Waals surface area contributed by atoms with E-state index in [2.05, 4.69) is 11.9 Å². The van der Waals surface area contributed by atoms with Gasteiger partial charge in [0.2, 0.25) is 0 Å². The van der Waals surface area contributed by atoms with Gasteiger partial charge in [-0.25, -0.2) is 0 Å². The van der Waals surface area contributed by atoms with Gasteiger partial charge in [-0.05, 0) is 32.4 Å². The molecule has 3 nitrogen and oxygen atoms in total. The highest BCUT2D eigenvalue weighted by Gasteiger charge is 2.03. The molecular weight excluding hydrogens is 190 g/mol. The molecule has 3 heteroatoms. The molecule has 0 N–H and O–H groups in total. The fraction of sp³-hybridized carbons (Fsp3) is 0.583. The fourth-order valence-electron chi connectivity index (χ4n) is 1.34. The third-order valence-corrected chi connectivity index (χ3v) is 2.10. The van der Waals surface area contributed by atoms with Crippen molar-refractivity contribution in [2.24, 2.45) is 0 Å². The van der Waals surface area contributed by atoms with Crippen LogP contribution in [-0.2, 0) is 11.2 Å². The van der Waals surface area contributed by atoms with E-state index in [9.17, 15) is 0 Å². The van der Waals surface area contributed by atoms with E-state index in [1.165, 1.54) is 0 Å². The lowest BCUT2D eigenvalue weighted by molar-refractivity contribution is 0.109. The van der Waals surface area contributed by atoms with Crippen molar-refractivity contribution in [1.29, 1.82) is 0 Å². The van der Waals surface area contributed by atoms with E-state index in [1.54, 1.807) is 0 Å². The van der Waals surface area contributed by atoms with Crippen LogP contribution in [0.1, 0.15) is 25.2 Å². The zero-order valence-electron chi connectivity index (χ0n) is 9.75. The van der Waals surface area contributed by atoms with E-state index in [-0.39, 0.29) is 0 Å². The molecule has 0 aliphatic heterocycles. The van der Waals surface area contributed by atoms with Crippen LogP contribution < -0.4 is 4.74 Å². The van der Waals surface area contributed by atoms with Gasteiger partial charge in [0, 0.05) is 12.3 Å². The van der Waals surface area contributed by atoms with Gasteiger partial charge in [0.1, 0.15) is 12.4 Å². The molecule has 1 aromatic heterocycles. The van der Waals surface area contributed by atoms with Crippen molar-refractivity contribution >= 4 is 0 Å². The van der Waals surface area contributed by atoms with Crippen LogP contribution in [0, 0.1) is 6.92 Å². The first kappa shape index (κ1) is 12.0. The number of hydrogen-bond acceptors (Lipinski definition) is 3. The molecule has 0 saturated heterocycles. The van der Waals surface area contributed by atoms with Crippen molar-refractivity contribution in [1.82, 2.24) is 4.98 Å².